The van der Waals surface area contributed by atoms with Crippen molar-refractivity contribution in [2.75, 3.05) is 11.4 Å². The maximum atomic E-state index is 11.9. The zero-order valence-electron chi connectivity index (χ0n) is 13.0. The maximum absolute atomic E-state index is 11.9. The highest BCUT2D eigenvalue weighted by Gasteiger charge is 2.24. The third kappa shape index (κ3) is 3.75. The summed E-state index contributed by atoms with van der Waals surface area (Å²) in [5.41, 5.74) is 2.26. The first kappa shape index (κ1) is 14.9. The molecule has 1 aliphatic heterocycles. The lowest BCUT2D eigenvalue weighted by atomic mass is 9.96. The van der Waals surface area contributed by atoms with Crippen LogP contribution in [0.5, 0.6) is 0 Å². The Morgan fingerprint density at radius 3 is 2.75 bits per heavy atom. The Labute approximate surface area is 121 Å². The fraction of sp³-hybridized carbons (Fsp3) is 0.588. The standard InChI is InChI=1S/C17H25NO2/c1-13-9-10-14-7-5-6-8-15(14)18(13)12-11-16(19)20-17(2,3)4/h5-8,13H,9-12H2,1-4H3. The average Bonchev–Trinajstić information content (AvgIpc) is 2.35. The van der Waals surface area contributed by atoms with E-state index in [1.165, 1.54) is 11.3 Å². The fourth-order valence-electron chi connectivity index (χ4n) is 2.71. The molecule has 0 amide bonds. The molecular formula is C17H25NO2. The molecule has 0 spiro atoms. The van der Waals surface area contributed by atoms with Crippen LogP contribution in [0.3, 0.4) is 0 Å². The predicted molar refractivity (Wildman–Crippen MR) is 82.0 cm³/mol. The Balaban J connectivity index is 2.00. The normalized spacial score (nSPS) is 18.6. The Morgan fingerprint density at radius 1 is 1.35 bits per heavy atom. The number of aryl methyl sites for hydroxylation is 1. The van der Waals surface area contributed by atoms with Crippen LogP contribution < -0.4 is 4.90 Å². The van der Waals surface area contributed by atoms with Gasteiger partial charge in [0.15, 0.2) is 0 Å². The molecule has 1 unspecified atom stereocenters. The summed E-state index contributed by atoms with van der Waals surface area (Å²) in [6, 6.07) is 8.97. The molecule has 0 saturated heterocycles. The summed E-state index contributed by atoms with van der Waals surface area (Å²) < 4.78 is 5.39. The largest absolute Gasteiger partial charge is 0.460 e. The molecule has 0 bridgehead atoms. The van der Waals surface area contributed by atoms with Gasteiger partial charge in [0.1, 0.15) is 5.60 Å². The van der Waals surface area contributed by atoms with Gasteiger partial charge in [0.05, 0.1) is 6.42 Å². The second kappa shape index (κ2) is 5.86. The monoisotopic (exact) mass is 275 g/mol. The number of benzene rings is 1. The highest BCUT2D eigenvalue weighted by Crippen LogP contribution is 2.30. The van der Waals surface area contributed by atoms with E-state index < -0.39 is 5.60 Å². The molecule has 0 aliphatic carbocycles. The Morgan fingerprint density at radius 2 is 2.05 bits per heavy atom. The molecule has 20 heavy (non-hydrogen) atoms. The number of ether oxygens (including phenoxy) is 1. The number of hydrogen-bond donors (Lipinski definition) is 0. The minimum Gasteiger partial charge on any atom is -0.460 e. The van der Waals surface area contributed by atoms with Crippen molar-refractivity contribution in [1.29, 1.82) is 0 Å². The van der Waals surface area contributed by atoms with Gasteiger partial charge in [-0.2, -0.15) is 0 Å². The Kier molecular flexibility index (Phi) is 4.36. The number of carbonyl (C=O) groups is 1. The first-order valence-corrected chi connectivity index (χ1v) is 7.43. The zero-order valence-corrected chi connectivity index (χ0v) is 13.0. The summed E-state index contributed by atoms with van der Waals surface area (Å²) in [5.74, 6) is -0.118. The van der Waals surface area contributed by atoms with Crippen molar-refractivity contribution >= 4 is 11.7 Å². The molecule has 0 radical (unpaired) electrons. The Hall–Kier alpha value is -1.51. The minimum absolute atomic E-state index is 0.118. The first-order chi connectivity index (χ1) is 9.37. The van der Waals surface area contributed by atoms with E-state index in [1.54, 1.807) is 0 Å². The van der Waals surface area contributed by atoms with E-state index in [-0.39, 0.29) is 5.97 Å². The molecule has 1 aliphatic rings. The van der Waals surface area contributed by atoms with Gasteiger partial charge in [-0.3, -0.25) is 4.79 Å². The van der Waals surface area contributed by atoms with Crippen molar-refractivity contribution in [2.45, 2.75) is 58.6 Å². The van der Waals surface area contributed by atoms with Gasteiger partial charge in [-0.05, 0) is 52.2 Å². The van der Waals surface area contributed by atoms with Crippen molar-refractivity contribution < 1.29 is 9.53 Å². The summed E-state index contributed by atoms with van der Waals surface area (Å²) in [6.45, 7) is 8.68. The second-order valence-electron chi connectivity index (χ2n) is 6.55. The summed E-state index contributed by atoms with van der Waals surface area (Å²) in [5, 5.41) is 0. The third-order valence-electron chi connectivity index (χ3n) is 3.64. The number of hydrogen-bond acceptors (Lipinski definition) is 3. The van der Waals surface area contributed by atoms with Crippen LogP contribution in [-0.2, 0) is 16.0 Å². The van der Waals surface area contributed by atoms with Crippen LogP contribution in [0.1, 0.15) is 46.1 Å². The summed E-state index contributed by atoms with van der Waals surface area (Å²) in [4.78, 5) is 14.2. The van der Waals surface area contributed by atoms with E-state index in [4.69, 9.17) is 4.74 Å². The van der Waals surface area contributed by atoms with E-state index in [0.717, 1.165) is 19.4 Å². The van der Waals surface area contributed by atoms with Gasteiger partial charge in [0.25, 0.3) is 0 Å². The molecule has 0 N–H and O–H groups in total. The third-order valence-corrected chi connectivity index (χ3v) is 3.64. The van der Waals surface area contributed by atoms with Gasteiger partial charge in [-0.15, -0.1) is 0 Å². The van der Waals surface area contributed by atoms with Crippen LogP contribution in [-0.4, -0.2) is 24.2 Å². The van der Waals surface area contributed by atoms with Crippen molar-refractivity contribution in [3.63, 3.8) is 0 Å². The number of rotatable bonds is 3. The molecule has 0 saturated carbocycles. The Bertz CT molecular complexity index is 476. The molecule has 3 nitrogen and oxygen atoms in total. The molecular weight excluding hydrogens is 250 g/mol. The zero-order chi connectivity index (χ0) is 14.8. The minimum atomic E-state index is -0.400. The highest BCUT2D eigenvalue weighted by atomic mass is 16.6. The molecule has 1 aromatic carbocycles. The molecule has 1 aromatic rings. The lowest BCUT2D eigenvalue weighted by molar-refractivity contribution is -0.154. The fourth-order valence-corrected chi connectivity index (χ4v) is 2.71. The van der Waals surface area contributed by atoms with Crippen molar-refractivity contribution in [1.82, 2.24) is 0 Å². The average molecular weight is 275 g/mol. The molecule has 0 aromatic heterocycles. The van der Waals surface area contributed by atoms with Crippen LogP contribution in [0, 0.1) is 0 Å². The van der Waals surface area contributed by atoms with Gasteiger partial charge in [0, 0.05) is 18.3 Å². The van der Waals surface area contributed by atoms with Crippen LogP contribution >= 0.6 is 0 Å². The van der Waals surface area contributed by atoms with E-state index in [1.807, 2.05) is 20.8 Å². The topological polar surface area (TPSA) is 29.5 Å². The quantitative estimate of drug-likeness (QED) is 0.790. The van der Waals surface area contributed by atoms with E-state index in [9.17, 15) is 4.79 Å². The van der Waals surface area contributed by atoms with Gasteiger partial charge in [-0.1, -0.05) is 18.2 Å². The summed E-state index contributed by atoms with van der Waals surface area (Å²) in [6.07, 6.45) is 2.71. The second-order valence-corrected chi connectivity index (χ2v) is 6.55. The van der Waals surface area contributed by atoms with Crippen molar-refractivity contribution in [2.24, 2.45) is 0 Å². The van der Waals surface area contributed by atoms with Crippen LogP contribution in [0.4, 0.5) is 5.69 Å². The van der Waals surface area contributed by atoms with E-state index in [2.05, 4.69) is 36.1 Å². The lowest BCUT2D eigenvalue weighted by Crippen LogP contribution is -2.39. The van der Waals surface area contributed by atoms with Gasteiger partial charge in [0.2, 0.25) is 0 Å². The number of para-hydroxylation sites is 1. The SMILES string of the molecule is CC1CCc2ccccc2N1CCC(=O)OC(C)(C)C. The number of carbonyl (C=O) groups excluding carboxylic acids is 1. The number of esters is 1. The van der Waals surface area contributed by atoms with E-state index in [0.29, 0.717) is 12.5 Å². The highest BCUT2D eigenvalue weighted by molar-refractivity contribution is 5.71. The van der Waals surface area contributed by atoms with Crippen molar-refractivity contribution in [3.05, 3.63) is 29.8 Å². The van der Waals surface area contributed by atoms with Crippen LogP contribution in [0.2, 0.25) is 0 Å². The number of fused-ring (bicyclic) bond motifs is 1. The molecule has 1 heterocycles. The summed E-state index contributed by atoms with van der Waals surface area (Å²) in [7, 11) is 0. The smallest absolute Gasteiger partial charge is 0.308 e. The van der Waals surface area contributed by atoms with Gasteiger partial charge >= 0.3 is 5.97 Å². The molecule has 1 atom stereocenters. The summed E-state index contributed by atoms with van der Waals surface area (Å²) >= 11 is 0. The predicted octanol–water partition coefficient (Wildman–Crippen LogP) is 3.56. The maximum Gasteiger partial charge on any atom is 0.308 e. The molecule has 110 valence electrons. The number of anilines is 1. The van der Waals surface area contributed by atoms with Crippen LogP contribution in [0.25, 0.3) is 0 Å². The van der Waals surface area contributed by atoms with Gasteiger partial charge in [-0.25, -0.2) is 0 Å². The van der Waals surface area contributed by atoms with E-state index >= 15 is 0 Å². The molecule has 3 heteroatoms. The molecule has 0 fully saturated rings. The van der Waals surface area contributed by atoms with Gasteiger partial charge < -0.3 is 9.64 Å². The van der Waals surface area contributed by atoms with Crippen molar-refractivity contribution in [3.8, 4) is 0 Å². The molecule has 2 rings (SSSR count). The van der Waals surface area contributed by atoms with Crippen LogP contribution in [0.15, 0.2) is 24.3 Å². The number of nitrogens with zero attached hydrogens (tertiary/aromatic N) is 1. The first-order valence-electron chi connectivity index (χ1n) is 7.43. The lowest BCUT2D eigenvalue weighted by Gasteiger charge is -2.37.